The van der Waals surface area contributed by atoms with Crippen LogP contribution in [0.25, 0.3) is 11.3 Å². The highest BCUT2D eigenvalue weighted by molar-refractivity contribution is 5.98. The molecular weight excluding hydrogens is 395 g/mol. The lowest BCUT2D eigenvalue weighted by Crippen LogP contribution is -2.24. The van der Waals surface area contributed by atoms with Crippen molar-refractivity contribution in [2.24, 2.45) is 0 Å². The minimum Gasteiger partial charge on any atom is -0.489 e. The van der Waals surface area contributed by atoms with Crippen LogP contribution in [0, 0.1) is 0 Å². The predicted octanol–water partition coefficient (Wildman–Crippen LogP) is 5.04. The maximum Gasteiger partial charge on any atom is 0.416 e. The summed E-state index contributed by atoms with van der Waals surface area (Å²) < 4.78 is 44.2. The molecular formula is C22H20F3N3O2. The predicted molar refractivity (Wildman–Crippen MR) is 105 cm³/mol. The third kappa shape index (κ3) is 3.90. The van der Waals surface area contributed by atoms with E-state index in [4.69, 9.17) is 4.74 Å². The van der Waals surface area contributed by atoms with Gasteiger partial charge in [-0.25, -0.2) is 0 Å². The van der Waals surface area contributed by atoms with Gasteiger partial charge in [0.2, 0.25) is 0 Å². The Morgan fingerprint density at radius 2 is 1.93 bits per heavy atom. The van der Waals surface area contributed by atoms with Crippen molar-refractivity contribution in [2.75, 3.05) is 6.54 Å². The Morgan fingerprint density at radius 3 is 2.63 bits per heavy atom. The lowest BCUT2D eigenvalue weighted by molar-refractivity contribution is -0.137. The Bertz CT molecular complexity index is 1060. The minimum absolute atomic E-state index is 0.0397. The van der Waals surface area contributed by atoms with Gasteiger partial charge in [0.25, 0.3) is 5.91 Å². The van der Waals surface area contributed by atoms with Gasteiger partial charge in [-0.3, -0.25) is 9.89 Å². The summed E-state index contributed by atoms with van der Waals surface area (Å²) in [7, 11) is 0. The van der Waals surface area contributed by atoms with Crippen molar-refractivity contribution in [3.8, 4) is 17.0 Å². The second-order valence-electron chi connectivity index (χ2n) is 7.18. The number of carbonyl (C=O) groups excluding carboxylic acids is 1. The van der Waals surface area contributed by atoms with E-state index in [0.29, 0.717) is 29.1 Å². The van der Waals surface area contributed by atoms with E-state index < -0.39 is 11.7 Å². The molecule has 5 nitrogen and oxygen atoms in total. The summed E-state index contributed by atoms with van der Waals surface area (Å²) in [4.78, 5) is 14.1. The van der Waals surface area contributed by atoms with Crippen LogP contribution in [0.15, 0.2) is 48.7 Å². The van der Waals surface area contributed by atoms with E-state index >= 15 is 0 Å². The molecule has 0 spiro atoms. The van der Waals surface area contributed by atoms with E-state index in [2.05, 4.69) is 10.2 Å². The zero-order valence-electron chi connectivity index (χ0n) is 16.3. The fraction of sp³-hybridized carbons (Fsp3) is 0.273. The Morgan fingerprint density at radius 1 is 1.17 bits per heavy atom. The first kappa shape index (κ1) is 20.0. The highest BCUT2D eigenvalue weighted by atomic mass is 19.4. The average Bonchev–Trinajstić information content (AvgIpc) is 3.31. The standard InChI is InChI=1S/C22H20F3N3O2/c1-2-9-28-12-15-10-18(7-8-19(15)21(28)29)30-13-16-11-26-27-20(16)14-3-5-17(6-4-14)22(23,24)25/h3-8,10-11H,2,9,12-13H2,1H3,(H,26,27). The van der Waals surface area contributed by atoms with Gasteiger partial charge >= 0.3 is 6.18 Å². The summed E-state index contributed by atoms with van der Waals surface area (Å²) >= 11 is 0. The number of rotatable bonds is 6. The molecule has 1 aromatic heterocycles. The van der Waals surface area contributed by atoms with Gasteiger partial charge in [-0.2, -0.15) is 18.3 Å². The van der Waals surface area contributed by atoms with E-state index in [0.717, 1.165) is 36.2 Å². The lowest BCUT2D eigenvalue weighted by atomic mass is 10.1. The number of H-pyrrole nitrogens is 1. The van der Waals surface area contributed by atoms with Gasteiger partial charge in [0.05, 0.1) is 17.5 Å². The largest absolute Gasteiger partial charge is 0.489 e. The van der Waals surface area contributed by atoms with E-state index in [1.54, 1.807) is 18.3 Å². The Labute approximate surface area is 171 Å². The normalized spacial score (nSPS) is 13.6. The third-order valence-electron chi connectivity index (χ3n) is 5.06. The highest BCUT2D eigenvalue weighted by Crippen LogP contribution is 2.32. The monoisotopic (exact) mass is 415 g/mol. The van der Waals surface area contributed by atoms with Crippen LogP contribution in [0.3, 0.4) is 0 Å². The minimum atomic E-state index is -4.37. The molecule has 0 unspecified atom stereocenters. The van der Waals surface area contributed by atoms with Crippen molar-refractivity contribution in [1.29, 1.82) is 0 Å². The van der Waals surface area contributed by atoms with E-state index in [1.165, 1.54) is 12.1 Å². The molecule has 30 heavy (non-hydrogen) atoms. The molecule has 8 heteroatoms. The molecule has 156 valence electrons. The molecule has 2 heterocycles. The lowest BCUT2D eigenvalue weighted by Gasteiger charge is -2.13. The van der Waals surface area contributed by atoms with Gasteiger partial charge in [0, 0.05) is 24.2 Å². The van der Waals surface area contributed by atoms with Crippen LogP contribution in [0.2, 0.25) is 0 Å². The molecule has 1 N–H and O–H groups in total. The average molecular weight is 415 g/mol. The van der Waals surface area contributed by atoms with Crippen molar-refractivity contribution in [1.82, 2.24) is 15.1 Å². The van der Waals surface area contributed by atoms with Gasteiger partial charge < -0.3 is 9.64 Å². The zero-order valence-corrected chi connectivity index (χ0v) is 16.3. The smallest absolute Gasteiger partial charge is 0.416 e. The fourth-order valence-electron chi connectivity index (χ4n) is 3.56. The second-order valence-corrected chi connectivity index (χ2v) is 7.18. The molecule has 0 atom stereocenters. The molecule has 0 saturated carbocycles. The Balaban J connectivity index is 1.47. The van der Waals surface area contributed by atoms with E-state index in [-0.39, 0.29) is 12.5 Å². The summed E-state index contributed by atoms with van der Waals surface area (Å²) in [5.41, 5.74) is 2.85. The molecule has 2 aromatic carbocycles. The maximum atomic E-state index is 12.8. The Kier molecular flexibility index (Phi) is 5.24. The van der Waals surface area contributed by atoms with Crippen LogP contribution in [0.5, 0.6) is 5.75 Å². The number of fused-ring (bicyclic) bond motifs is 1. The number of ether oxygens (including phenoxy) is 1. The summed E-state index contributed by atoms with van der Waals surface area (Å²) in [6.07, 6.45) is -1.89. The molecule has 0 radical (unpaired) electrons. The number of alkyl halides is 3. The summed E-state index contributed by atoms with van der Waals surface area (Å²) in [6.45, 7) is 3.51. The van der Waals surface area contributed by atoms with Crippen molar-refractivity contribution >= 4 is 5.91 Å². The molecule has 1 amide bonds. The van der Waals surface area contributed by atoms with E-state index in [1.807, 2.05) is 17.9 Å². The SMILES string of the molecule is CCCN1Cc2cc(OCc3cn[nH]c3-c3ccc(C(F)(F)F)cc3)ccc2C1=O. The van der Waals surface area contributed by atoms with Gasteiger partial charge in [-0.1, -0.05) is 19.1 Å². The summed E-state index contributed by atoms with van der Waals surface area (Å²) in [5.74, 6) is 0.664. The number of amides is 1. The molecule has 0 saturated heterocycles. The third-order valence-corrected chi connectivity index (χ3v) is 5.06. The van der Waals surface area contributed by atoms with Crippen LogP contribution in [0.4, 0.5) is 13.2 Å². The number of aromatic amines is 1. The number of benzene rings is 2. The number of aromatic nitrogens is 2. The number of nitrogens with zero attached hydrogens (tertiary/aromatic N) is 2. The van der Waals surface area contributed by atoms with Gasteiger partial charge in [-0.05, 0) is 47.9 Å². The Hall–Kier alpha value is -3.29. The molecule has 0 bridgehead atoms. The van der Waals surface area contributed by atoms with Gasteiger partial charge in [0.15, 0.2) is 0 Å². The number of nitrogens with one attached hydrogen (secondary N) is 1. The van der Waals surface area contributed by atoms with Crippen LogP contribution in [0.1, 0.15) is 40.4 Å². The van der Waals surface area contributed by atoms with E-state index in [9.17, 15) is 18.0 Å². The second kappa shape index (κ2) is 7.85. The molecule has 1 aliphatic heterocycles. The van der Waals surface area contributed by atoms with Crippen LogP contribution in [-0.4, -0.2) is 27.5 Å². The van der Waals surface area contributed by atoms with Crippen molar-refractivity contribution in [3.63, 3.8) is 0 Å². The number of halogens is 3. The quantitative estimate of drug-likeness (QED) is 0.614. The van der Waals surface area contributed by atoms with Crippen LogP contribution < -0.4 is 4.74 Å². The number of carbonyl (C=O) groups is 1. The summed E-state index contributed by atoms with van der Waals surface area (Å²) in [6, 6.07) is 10.3. The maximum absolute atomic E-state index is 12.8. The fourth-order valence-corrected chi connectivity index (χ4v) is 3.56. The van der Waals surface area contributed by atoms with Gasteiger partial charge in [0.1, 0.15) is 12.4 Å². The van der Waals surface area contributed by atoms with Crippen molar-refractivity contribution < 1.29 is 22.7 Å². The molecule has 0 fully saturated rings. The molecule has 0 aliphatic carbocycles. The first-order valence-corrected chi connectivity index (χ1v) is 9.61. The molecule has 4 rings (SSSR count). The van der Waals surface area contributed by atoms with Gasteiger partial charge in [-0.15, -0.1) is 0 Å². The molecule has 3 aromatic rings. The zero-order chi connectivity index (χ0) is 21.3. The van der Waals surface area contributed by atoms with Crippen LogP contribution >= 0.6 is 0 Å². The topological polar surface area (TPSA) is 58.2 Å². The number of hydrogen-bond donors (Lipinski definition) is 1. The number of hydrogen-bond acceptors (Lipinski definition) is 3. The first-order chi connectivity index (χ1) is 14.4. The molecule has 1 aliphatic rings. The highest BCUT2D eigenvalue weighted by Gasteiger charge is 2.30. The first-order valence-electron chi connectivity index (χ1n) is 9.61. The summed E-state index contributed by atoms with van der Waals surface area (Å²) in [5, 5.41) is 6.82. The van der Waals surface area contributed by atoms with Crippen molar-refractivity contribution in [2.45, 2.75) is 32.7 Å². The van der Waals surface area contributed by atoms with Crippen LogP contribution in [-0.2, 0) is 19.3 Å². The van der Waals surface area contributed by atoms with Crippen molar-refractivity contribution in [3.05, 3.63) is 70.9 Å².